The van der Waals surface area contributed by atoms with Crippen molar-refractivity contribution in [1.29, 1.82) is 0 Å². The number of rotatable bonds is 7. The van der Waals surface area contributed by atoms with Crippen LogP contribution >= 0.6 is 11.6 Å². The Balaban J connectivity index is 1.86. The molecule has 10 heteroatoms. The van der Waals surface area contributed by atoms with Gasteiger partial charge in [-0.15, -0.1) is 0 Å². The van der Waals surface area contributed by atoms with Crippen molar-refractivity contribution in [2.24, 2.45) is 0 Å². The largest absolute Gasteiger partial charge is 0.462 e. The van der Waals surface area contributed by atoms with Crippen LogP contribution in [0.2, 0.25) is 5.02 Å². The molecule has 0 atom stereocenters. The Morgan fingerprint density at radius 3 is 2.58 bits per heavy atom. The summed E-state index contributed by atoms with van der Waals surface area (Å²) in [7, 11) is 0. The molecule has 164 valence electrons. The highest BCUT2D eigenvalue weighted by Crippen LogP contribution is 2.28. The van der Waals surface area contributed by atoms with Gasteiger partial charge in [0.25, 0.3) is 11.6 Å². The van der Waals surface area contributed by atoms with Crippen molar-refractivity contribution in [2.45, 2.75) is 13.3 Å². The zero-order chi connectivity index (χ0) is 22.4. The molecule has 1 aliphatic rings. The summed E-state index contributed by atoms with van der Waals surface area (Å²) in [5, 5.41) is 13.5. The average Bonchev–Trinajstić information content (AvgIpc) is 2.77. The second-order valence-corrected chi connectivity index (χ2v) is 7.25. The monoisotopic (exact) mass is 447 g/mol. The summed E-state index contributed by atoms with van der Waals surface area (Å²) in [6.45, 7) is 4.58. The molecule has 1 aliphatic heterocycles. The summed E-state index contributed by atoms with van der Waals surface area (Å²) in [6, 6.07) is 8.59. The molecule has 0 radical (unpaired) electrons. The number of anilines is 2. The maximum atomic E-state index is 12.7. The van der Waals surface area contributed by atoms with E-state index in [1.165, 1.54) is 12.1 Å². The fourth-order valence-corrected chi connectivity index (χ4v) is 3.39. The van der Waals surface area contributed by atoms with Gasteiger partial charge in [0, 0.05) is 30.9 Å². The third kappa shape index (κ3) is 5.50. The number of hydrogen-bond acceptors (Lipinski definition) is 7. The first-order valence-electron chi connectivity index (χ1n) is 9.80. The van der Waals surface area contributed by atoms with E-state index in [0.29, 0.717) is 49.7 Å². The van der Waals surface area contributed by atoms with Crippen molar-refractivity contribution in [1.82, 2.24) is 0 Å². The van der Waals surface area contributed by atoms with Gasteiger partial charge >= 0.3 is 5.97 Å². The van der Waals surface area contributed by atoms with Gasteiger partial charge in [0.05, 0.1) is 46.6 Å². The number of esters is 1. The van der Waals surface area contributed by atoms with E-state index in [1.54, 1.807) is 18.2 Å². The molecule has 0 aliphatic carbocycles. The molecule has 0 aromatic heterocycles. The van der Waals surface area contributed by atoms with Gasteiger partial charge < -0.3 is 19.7 Å². The van der Waals surface area contributed by atoms with Crippen molar-refractivity contribution in [3.8, 4) is 0 Å². The van der Waals surface area contributed by atoms with Crippen molar-refractivity contribution < 1.29 is 24.0 Å². The summed E-state index contributed by atoms with van der Waals surface area (Å²) < 4.78 is 10.7. The number of morpholine rings is 1. The standard InChI is InChI=1S/C21H22ClN3O6/c1-2-9-31-21(27)17-12-14(3-6-19(17)24-7-10-30-11-8-24)23-20(26)16-5-4-15(25(28)29)13-18(16)22/h3-6,12-13H,2,7-11H2,1H3,(H,23,26). The fraction of sp³-hybridized carbons (Fsp3) is 0.333. The summed E-state index contributed by atoms with van der Waals surface area (Å²) in [5.41, 5.74) is 1.29. The zero-order valence-electron chi connectivity index (χ0n) is 16.9. The number of non-ortho nitro benzene ring substituents is 1. The van der Waals surface area contributed by atoms with Crippen LogP contribution in [-0.4, -0.2) is 49.7 Å². The van der Waals surface area contributed by atoms with Crippen molar-refractivity contribution in [2.75, 3.05) is 43.1 Å². The maximum absolute atomic E-state index is 12.7. The van der Waals surface area contributed by atoms with Crippen LogP contribution in [0.15, 0.2) is 36.4 Å². The number of ether oxygens (including phenoxy) is 2. The molecule has 9 nitrogen and oxygen atoms in total. The Bertz CT molecular complexity index is 991. The quantitative estimate of drug-likeness (QED) is 0.389. The second kappa shape index (κ2) is 10.2. The van der Waals surface area contributed by atoms with E-state index in [2.05, 4.69) is 5.32 Å². The van der Waals surface area contributed by atoms with Gasteiger partial charge in [-0.2, -0.15) is 0 Å². The molecule has 2 aromatic carbocycles. The SMILES string of the molecule is CCCOC(=O)c1cc(NC(=O)c2ccc([N+](=O)[O-])cc2Cl)ccc1N1CCOCC1. The van der Waals surface area contributed by atoms with E-state index >= 15 is 0 Å². The molecule has 1 N–H and O–H groups in total. The normalized spacial score (nSPS) is 13.5. The minimum atomic E-state index is -0.591. The summed E-state index contributed by atoms with van der Waals surface area (Å²) in [6.07, 6.45) is 0.688. The number of nitro groups is 1. The van der Waals surface area contributed by atoms with Crippen LogP contribution in [0.3, 0.4) is 0 Å². The lowest BCUT2D eigenvalue weighted by molar-refractivity contribution is -0.384. The number of nitrogens with one attached hydrogen (secondary N) is 1. The van der Waals surface area contributed by atoms with Crippen molar-refractivity contribution in [3.63, 3.8) is 0 Å². The fourth-order valence-electron chi connectivity index (χ4n) is 3.13. The average molecular weight is 448 g/mol. The van der Waals surface area contributed by atoms with Crippen LogP contribution in [0.4, 0.5) is 17.1 Å². The molecular formula is C21H22ClN3O6. The number of halogens is 1. The van der Waals surface area contributed by atoms with Gasteiger partial charge in [-0.1, -0.05) is 18.5 Å². The first kappa shape index (κ1) is 22.5. The minimum absolute atomic E-state index is 0.0424. The number of amides is 1. The van der Waals surface area contributed by atoms with Crippen LogP contribution in [0.1, 0.15) is 34.1 Å². The Morgan fingerprint density at radius 2 is 1.94 bits per heavy atom. The lowest BCUT2D eigenvalue weighted by Gasteiger charge is -2.30. The Morgan fingerprint density at radius 1 is 1.19 bits per heavy atom. The molecule has 1 heterocycles. The summed E-state index contributed by atoms with van der Waals surface area (Å²) in [4.78, 5) is 37.6. The highest BCUT2D eigenvalue weighted by Gasteiger charge is 2.22. The molecule has 0 spiro atoms. The Labute approximate surface area is 184 Å². The van der Waals surface area contributed by atoms with Crippen molar-refractivity contribution >= 4 is 40.5 Å². The predicted molar refractivity (Wildman–Crippen MR) is 116 cm³/mol. The van der Waals surface area contributed by atoms with Crippen LogP contribution in [0.25, 0.3) is 0 Å². The van der Waals surface area contributed by atoms with Crippen molar-refractivity contribution in [3.05, 3.63) is 62.7 Å². The summed E-state index contributed by atoms with van der Waals surface area (Å²) in [5.74, 6) is -1.03. The van der Waals surface area contributed by atoms with E-state index in [4.69, 9.17) is 21.1 Å². The first-order valence-corrected chi connectivity index (χ1v) is 10.2. The second-order valence-electron chi connectivity index (χ2n) is 6.84. The van der Waals surface area contributed by atoms with Crippen LogP contribution in [0, 0.1) is 10.1 Å². The van der Waals surface area contributed by atoms with E-state index in [9.17, 15) is 19.7 Å². The molecule has 2 aromatic rings. The Hall–Kier alpha value is -3.17. The molecule has 31 heavy (non-hydrogen) atoms. The van der Waals surface area contributed by atoms with E-state index in [-0.39, 0.29) is 22.9 Å². The topological polar surface area (TPSA) is 111 Å². The Kier molecular flexibility index (Phi) is 7.43. The molecular weight excluding hydrogens is 426 g/mol. The lowest BCUT2D eigenvalue weighted by atomic mass is 10.1. The minimum Gasteiger partial charge on any atom is -0.462 e. The molecule has 0 bridgehead atoms. The summed E-state index contributed by atoms with van der Waals surface area (Å²) >= 11 is 6.04. The van der Waals surface area contributed by atoms with Gasteiger partial charge in [0.15, 0.2) is 0 Å². The predicted octanol–water partition coefficient (Wildman–Crippen LogP) is 3.90. The number of carbonyl (C=O) groups is 2. The van der Waals surface area contributed by atoms with Gasteiger partial charge in [0.1, 0.15) is 0 Å². The van der Waals surface area contributed by atoms with Gasteiger partial charge in [0.2, 0.25) is 0 Å². The molecule has 1 fully saturated rings. The van der Waals surface area contributed by atoms with Crippen LogP contribution < -0.4 is 10.2 Å². The third-order valence-electron chi connectivity index (χ3n) is 4.67. The number of nitro benzene ring substituents is 1. The van der Waals surface area contributed by atoms with E-state index in [0.717, 1.165) is 6.07 Å². The zero-order valence-corrected chi connectivity index (χ0v) is 17.7. The number of nitrogens with zero attached hydrogens (tertiary/aromatic N) is 2. The number of benzene rings is 2. The molecule has 1 saturated heterocycles. The van der Waals surface area contributed by atoms with Crippen LogP contribution in [0.5, 0.6) is 0 Å². The smallest absolute Gasteiger partial charge is 0.340 e. The number of hydrogen-bond donors (Lipinski definition) is 1. The van der Waals surface area contributed by atoms with E-state index in [1.807, 2.05) is 11.8 Å². The molecule has 0 saturated carbocycles. The molecule has 1 amide bonds. The maximum Gasteiger partial charge on any atom is 0.340 e. The third-order valence-corrected chi connectivity index (χ3v) is 4.98. The van der Waals surface area contributed by atoms with Gasteiger partial charge in [-0.05, 0) is 30.7 Å². The molecule has 0 unspecified atom stereocenters. The molecule has 3 rings (SSSR count). The highest BCUT2D eigenvalue weighted by molar-refractivity contribution is 6.34. The van der Waals surface area contributed by atoms with Gasteiger partial charge in [-0.25, -0.2) is 4.79 Å². The first-order chi connectivity index (χ1) is 14.9. The van der Waals surface area contributed by atoms with E-state index < -0.39 is 16.8 Å². The number of carbonyl (C=O) groups excluding carboxylic acids is 2. The lowest BCUT2D eigenvalue weighted by Crippen LogP contribution is -2.37. The highest BCUT2D eigenvalue weighted by atomic mass is 35.5. The van der Waals surface area contributed by atoms with Gasteiger partial charge in [-0.3, -0.25) is 14.9 Å². The van der Waals surface area contributed by atoms with Crippen LogP contribution in [-0.2, 0) is 9.47 Å².